The van der Waals surface area contributed by atoms with E-state index in [2.05, 4.69) is 35.5 Å². The van der Waals surface area contributed by atoms with Gasteiger partial charge >= 0.3 is 18.4 Å². The molecule has 4 aromatic heterocycles. The number of Topliss-reactive ketones (excluding diaryl/α,β-unsaturated/α-hetero) is 2. The first-order valence-corrected chi connectivity index (χ1v) is 18.9. The lowest BCUT2D eigenvalue weighted by Gasteiger charge is -2.36. The fourth-order valence-electron chi connectivity index (χ4n) is 7.05. The predicted octanol–water partition coefficient (Wildman–Crippen LogP) is 6.92. The molecule has 0 spiro atoms. The Hall–Kier alpha value is -6.41. The Bertz CT molecular complexity index is 2160. The summed E-state index contributed by atoms with van der Waals surface area (Å²) in [4.78, 5) is 59.6. The molecular weight excluding hydrogens is 802 g/mol. The Morgan fingerprint density at radius 1 is 0.800 bits per heavy atom. The fourth-order valence-corrected chi connectivity index (χ4v) is 7.05. The number of nitrogens with one attached hydrogen (secondary N) is 2. The van der Waals surface area contributed by atoms with Crippen LogP contribution in [0, 0.1) is 0 Å². The van der Waals surface area contributed by atoms with Gasteiger partial charge in [0.1, 0.15) is 23.1 Å². The maximum atomic E-state index is 13.1. The van der Waals surface area contributed by atoms with Gasteiger partial charge in [0.05, 0.1) is 44.5 Å². The minimum absolute atomic E-state index is 0.0412. The number of carbonyl (C=O) groups excluding carboxylic acids is 3. The van der Waals surface area contributed by atoms with Crippen molar-refractivity contribution in [2.24, 2.45) is 0 Å². The van der Waals surface area contributed by atoms with Crippen LogP contribution in [0.2, 0.25) is 0 Å². The number of nitrogens with two attached hydrogens (primary N) is 1. The number of nitrogen functional groups attached to an aromatic ring is 1. The largest absolute Gasteiger partial charge is 0.494 e. The minimum atomic E-state index is -4.46. The van der Waals surface area contributed by atoms with Gasteiger partial charge in [-0.1, -0.05) is 12.1 Å². The number of ketones is 2. The fraction of sp³-hybridized carbons (Fsp3) is 0.410. The van der Waals surface area contributed by atoms with Crippen molar-refractivity contribution in [1.29, 1.82) is 0 Å². The summed E-state index contributed by atoms with van der Waals surface area (Å²) in [5.74, 6) is 0.538. The normalized spacial score (nSPS) is 17.2. The van der Waals surface area contributed by atoms with E-state index in [-0.39, 0.29) is 40.8 Å². The Morgan fingerprint density at radius 3 is 1.93 bits per heavy atom. The minimum Gasteiger partial charge on any atom is -0.494 e. The highest BCUT2D eigenvalue weighted by molar-refractivity contribution is 6.06. The van der Waals surface area contributed by atoms with Crippen molar-refractivity contribution in [2.75, 3.05) is 71.5 Å². The Morgan fingerprint density at radius 2 is 1.38 bits per heavy atom. The van der Waals surface area contributed by atoms with Gasteiger partial charge in [-0.15, -0.1) is 0 Å². The first kappa shape index (κ1) is 43.2. The molecule has 4 aliphatic heterocycles. The number of hydrogen-bond donors (Lipinski definition) is 3. The summed E-state index contributed by atoms with van der Waals surface area (Å²) in [6.07, 6.45) is -7.76. The van der Waals surface area contributed by atoms with Crippen LogP contribution in [-0.2, 0) is 0 Å². The Kier molecular flexibility index (Phi) is 13.1. The number of alkyl halides is 6. The summed E-state index contributed by atoms with van der Waals surface area (Å²) in [5, 5.41) is 5.93. The highest BCUT2D eigenvalue weighted by Gasteiger charge is 2.42. The van der Waals surface area contributed by atoms with Gasteiger partial charge < -0.3 is 30.3 Å². The second-order valence-corrected chi connectivity index (χ2v) is 14.1. The number of amides is 2. The summed E-state index contributed by atoms with van der Waals surface area (Å²) in [5.41, 5.74) is 6.41. The molecule has 2 saturated heterocycles. The van der Waals surface area contributed by atoms with Crippen LogP contribution < -0.4 is 40.5 Å². The van der Waals surface area contributed by atoms with Gasteiger partial charge in [0.2, 0.25) is 0 Å². The van der Waals surface area contributed by atoms with Crippen molar-refractivity contribution in [3.05, 3.63) is 72.3 Å². The molecule has 4 bridgehead atoms. The van der Waals surface area contributed by atoms with Crippen LogP contribution in [0.4, 0.5) is 65.8 Å². The molecule has 320 valence electrons. The molecule has 4 aliphatic rings. The molecule has 8 rings (SSSR count). The summed E-state index contributed by atoms with van der Waals surface area (Å²) >= 11 is 0. The van der Waals surface area contributed by atoms with Crippen LogP contribution in [-0.4, -0.2) is 102 Å². The highest BCUT2D eigenvalue weighted by atomic mass is 19.4. The summed E-state index contributed by atoms with van der Waals surface area (Å²) in [6.45, 7) is 3.00. The van der Waals surface area contributed by atoms with E-state index in [4.69, 9.17) is 15.2 Å². The lowest BCUT2D eigenvalue weighted by Crippen LogP contribution is -2.48. The van der Waals surface area contributed by atoms with Gasteiger partial charge in [-0.25, -0.2) is 24.7 Å². The molecule has 2 amide bonds. The number of methoxy groups -OCH3 is 2. The monoisotopic (exact) mass is 844 g/mol. The van der Waals surface area contributed by atoms with Crippen LogP contribution in [0.25, 0.3) is 0 Å². The zero-order valence-electron chi connectivity index (χ0n) is 32.5. The van der Waals surface area contributed by atoms with E-state index in [1.165, 1.54) is 25.3 Å². The van der Waals surface area contributed by atoms with Gasteiger partial charge in [-0.3, -0.25) is 19.8 Å². The van der Waals surface area contributed by atoms with Crippen molar-refractivity contribution >= 4 is 52.2 Å². The second-order valence-electron chi connectivity index (χ2n) is 14.1. The second kappa shape index (κ2) is 18.2. The zero-order valence-corrected chi connectivity index (χ0v) is 32.5. The average molecular weight is 845 g/mol. The smallest absolute Gasteiger partial charge is 0.389 e. The molecule has 4 N–H and O–H groups in total. The Labute approximate surface area is 340 Å². The lowest BCUT2D eigenvalue weighted by atomic mass is 10.1. The summed E-state index contributed by atoms with van der Waals surface area (Å²) in [7, 11) is 2.71. The molecule has 0 aromatic carbocycles. The van der Waals surface area contributed by atoms with Crippen molar-refractivity contribution in [2.45, 2.75) is 63.0 Å². The number of fused-ring (bicyclic) bond motifs is 8. The molecule has 0 radical (unpaired) electrons. The van der Waals surface area contributed by atoms with Gasteiger partial charge in [-0.2, -0.15) is 26.3 Å². The predicted molar refractivity (Wildman–Crippen MR) is 210 cm³/mol. The third-order valence-electron chi connectivity index (χ3n) is 9.93. The maximum absolute atomic E-state index is 13.1. The molecule has 21 heteroatoms. The van der Waals surface area contributed by atoms with Crippen molar-refractivity contribution in [3.63, 3.8) is 0 Å². The molecule has 0 unspecified atom stereocenters. The number of nitrogens with zero attached hydrogens (tertiary/aromatic N) is 7. The van der Waals surface area contributed by atoms with Gasteiger partial charge in [0.25, 0.3) is 0 Å². The first-order valence-electron chi connectivity index (χ1n) is 18.9. The number of ether oxygens (including phenoxy) is 2. The molecule has 8 heterocycles. The summed E-state index contributed by atoms with van der Waals surface area (Å²) < 4.78 is 85.0. The van der Waals surface area contributed by atoms with E-state index < -0.39 is 55.6 Å². The molecular formula is C39H42F6N10O5. The topological polar surface area (TPSA) is 181 Å². The van der Waals surface area contributed by atoms with E-state index in [9.17, 15) is 40.7 Å². The molecule has 2 fully saturated rings. The molecule has 0 aliphatic carbocycles. The third-order valence-corrected chi connectivity index (χ3v) is 9.93. The quantitative estimate of drug-likeness (QED) is 0.117. The van der Waals surface area contributed by atoms with Gasteiger partial charge in [0, 0.05) is 69.6 Å². The van der Waals surface area contributed by atoms with E-state index in [0.717, 1.165) is 25.2 Å². The number of anilines is 6. The van der Waals surface area contributed by atoms with E-state index in [1.807, 2.05) is 17.0 Å². The highest BCUT2D eigenvalue weighted by Crippen LogP contribution is 2.43. The first-order chi connectivity index (χ1) is 28.5. The standard InChI is InChI=1S/C20H20F3N5O3.C14H16F3N3O2.C5H6N2/c1-31-15-10-13-18(26-17(15)14(29)5-7-20(21,22)23)28(12-6-9-27(13)11-12)19(30)25-16-4-2-3-8-24-16;1-22-11-6-9-13(18-8-3-5-20(9)7-8)19-12(11)10(21)2-4-14(15,16)17;6-5-3-1-2-4-7-5/h2-4,8,10,12H,5-7,9,11H2,1H3,(H,24,25,30);6,8H,2-5,7H2,1H3,(H,18,19);1-4H,(H2,6,7)/t12-;8-;/m00./s1. The van der Waals surface area contributed by atoms with Gasteiger partial charge in [-0.05, 0) is 37.1 Å². The van der Waals surface area contributed by atoms with E-state index in [1.54, 1.807) is 42.6 Å². The van der Waals surface area contributed by atoms with E-state index >= 15 is 0 Å². The Balaban J connectivity index is 0.000000180. The van der Waals surface area contributed by atoms with Crippen molar-refractivity contribution in [3.8, 4) is 11.5 Å². The number of halogens is 6. The molecule has 0 saturated carbocycles. The number of urea groups is 1. The van der Waals surface area contributed by atoms with Crippen molar-refractivity contribution < 1.29 is 50.2 Å². The van der Waals surface area contributed by atoms with Gasteiger partial charge in [0.15, 0.2) is 34.6 Å². The van der Waals surface area contributed by atoms with Crippen LogP contribution in [0.3, 0.4) is 0 Å². The third kappa shape index (κ3) is 10.6. The SMILES string of the molecule is COc1cc2c(nc1C(=O)CCC(F)(F)F)N(C(=O)Nc1ccccn1)[C@H]1CCN2C1.COc1cc2c(nc1C(=O)CCC(F)(F)F)N[C@H]1CCN2C1.Nc1ccccn1. The molecule has 2 atom stereocenters. The van der Waals surface area contributed by atoms with Crippen LogP contribution in [0.1, 0.15) is 59.5 Å². The van der Waals surface area contributed by atoms with Crippen LogP contribution >= 0.6 is 0 Å². The molecule has 60 heavy (non-hydrogen) atoms. The number of pyridine rings is 4. The maximum Gasteiger partial charge on any atom is 0.389 e. The van der Waals surface area contributed by atoms with Crippen molar-refractivity contribution in [1.82, 2.24) is 19.9 Å². The van der Waals surface area contributed by atoms with Crippen LogP contribution in [0.15, 0.2) is 60.9 Å². The number of hydrogen-bond acceptors (Lipinski definition) is 13. The summed E-state index contributed by atoms with van der Waals surface area (Å²) in [6, 6.07) is 13.4. The molecule has 4 aromatic rings. The number of rotatable bonds is 9. The number of aromatic nitrogens is 4. The lowest BCUT2D eigenvalue weighted by molar-refractivity contribution is -0.134. The van der Waals surface area contributed by atoms with E-state index in [0.29, 0.717) is 42.7 Å². The van der Waals surface area contributed by atoms with Crippen LogP contribution in [0.5, 0.6) is 11.5 Å². The number of carbonyl (C=O) groups is 3. The average Bonchev–Trinajstić information content (AvgIpc) is 3.83. The molecule has 15 nitrogen and oxygen atoms in total. The zero-order chi connectivity index (χ0) is 43.2.